The number of esters is 1. The highest BCUT2D eigenvalue weighted by Gasteiger charge is 2.45. The quantitative estimate of drug-likeness (QED) is 0.426. The van der Waals surface area contributed by atoms with Crippen LogP contribution in [0.4, 0.5) is 0 Å². The Balaban J connectivity index is 1.46. The second-order valence-electron chi connectivity index (χ2n) is 10.4. The van der Waals surface area contributed by atoms with E-state index >= 15 is 0 Å². The zero-order valence-corrected chi connectivity index (χ0v) is 20.8. The predicted molar refractivity (Wildman–Crippen MR) is 135 cm³/mol. The van der Waals surface area contributed by atoms with E-state index < -0.39 is 11.6 Å². The normalized spacial score (nSPS) is 22.4. The number of ether oxygens (including phenoxy) is 3. The smallest absolute Gasteiger partial charge is 0.343 e. The molecule has 0 aliphatic carbocycles. The average molecular weight is 504 g/mol. The first-order valence-electron chi connectivity index (χ1n) is 13.1. The van der Waals surface area contributed by atoms with Crippen LogP contribution in [0.25, 0.3) is 22.3 Å². The molecule has 1 saturated heterocycles. The fraction of sp³-hybridized carbons (Fsp3) is 0.464. The fourth-order valence-electron chi connectivity index (χ4n) is 6.22. The number of aliphatic hydroxyl groups is 1. The minimum absolute atomic E-state index is 0.115. The predicted octanol–water partition coefficient (Wildman–Crippen LogP) is 2.84. The summed E-state index contributed by atoms with van der Waals surface area (Å²) in [6, 6.07) is 5.71. The van der Waals surface area contributed by atoms with Gasteiger partial charge in [0.25, 0.3) is 5.56 Å². The minimum Gasteiger partial charge on any atom is -0.486 e. The standard InChI is InChI=1S/C28H29N3O6/c1-2-28(34)20-11-22-25-18(14-31(22)26(32)19(20)15-37-27(28)33)17(13-30-6-4-3-5-7-30)16-10-23-24(12-21(16)29-25)36-9-8-35-23/h10-12,34H,2-9,13-15H2,1H3. The van der Waals surface area contributed by atoms with Crippen LogP contribution in [0.15, 0.2) is 23.0 Å². The van der Waals surface area contributed by atoms with Crippen LogP contribution in [0.2, 0.25) is 0 Å². The van der Waals surface area contributed by atoms with Gasteiger partial charge < -0.3 is 23.9 Å². The van der Waals surface area contributed by atoms with Crippen LogP contribution in [0.5, 0.6) is 11.5 Å². The van der Waals surface area contributed by atoms with Gasteiger partial charge in [0.05, 0.1) is 29.0 Å². The molecule has 192 valence electrons. The van der Waals surface area contributed by atoms with E-state index in [1.807, 2.05) is 12.1 Å². The summed E-state index contributed by atoms with van der Waals surface area (Å²) < 4.78 is 18.7. The Bertz CT molecular complexity index is 1520. The summed E-state index contributed by atoms with van der Waals surface area (Å²) in [5, 5.41) is 12.2. The molecule has 4 aliphatic rings. The topological polar surface area (TPSA) is 103 Å². The highest BCUT2D eigenvalue weighted by molar-refractivity contribution is 5.91. The van der Waals surface area contributed by atoms with Crippen molar-refractivity contribution in [3.05, 3.63) is 50.8 Å². The highest BCUT2D eigenvalue weighted by atomic mass is 16.6. The van der Waals surface area contributed by atoms with Crippen molar-refractivity contribution in [2.75, 3.05) is 26.3 Å². The van der Waals surface area contributed by atoms with Crippen molar-refractivity contribution in [1.82, 2.24) is 14.5 Å². The molecule has 1 unspecified atom stereocenters. The van der Waals surface area contributed by atoms with Gasteiger partial charge in [-0.3, -0.25) is 9.69 Å². The lowest BCUT2D eigenvalue weighted by molar-refractivity contribution is -0.172. The monoisotopic (exact) mass is 503 g/mol. The van der Waals surface area contributed by atoms with Crippen LogP contribution < -0.4 is 15.0 Å². The zero-order valence-electron chi connectivity index (χ0n) is 20.8. The van der Waals surface area contributed by atoms with Crippen LogP contribution in [0.1, 0.15) is 54.9 Å². The molecule has 1 fully saturated rings. The molecule has 2 aromatic heterocycles. The third-order valence-electron chi connectivity index (χ3n) is 8.30. The van der Waals surface area contributed by atoms with Crippen molar-refractivity contribution < 1.29 is 24.1 Å². The van der Waals surface area contributed by atoms with Crippen molar-refractivity contribution >= 4 is 16.9 Å². The number of rotatable bonds is 3. The zero-order chi connectivity index (χ0) is 25.3. The Labute approximate surface area is 213 Å². The lowest BCUT2D eigenvalue weighted by Gasteiger charge is -2.31. The molecule has 6 heterocycles. The third-order valence-corrected chi connectivity index (χ3v) is 8.30. The maximum Gasteiger partial charge on any atom is 0.343 e. The summed E-state index contributed by atoms with van der Waals surface area (Å²) in [6.45, 7) is 5.78. The Morgan fingerprint density at radius 1 is 1.00 bits per heavy atom. The minimum atomic E-state index is -1.84. The van der Waals surface area contributed by atoms with Gasteiger partial charge in [0.15, 0.2) is 17.1 Å². The van der Waals surface area contributed by atoms with Gasteiger partial charge in [-0.2, -0.15) is 0 Å². The second kappa shape index (κ2) is 8.29. The Morgan fingerprint density at radius 3 is 2.51 bits per heavy atom. The van der Waals surface area contributed by atoms with Gasteiger partial charge in [-0.25, -0.2) is 9.78 Å². The third kappa shape index (κ3) is 3.33. The van der Waals surface area contributed by atoms with Crippen molar-refractivity contribution in [2.45, 2.75) is 57.9 Å². The molecule has 9 heteroatoms. The van der Waals surface area contributed by atoms with Gasteiger partial charge in [-0.15, -0.1) is 0 Å². The van der Waals surface area contributed by atoms with Crippen molar-refractivity contribution in [2.24, 2.45) is 0 Å². The molecule has 1 N–H and O–H groups in total. The second-order valence-corrected chi connectivity index (χ2v) is 10.4. The number of hydrogen-bond acceptors (Lipinski definition) is 8. The van der Waals surface area contributed by atoms with E-state index in [1.54, 1.807) is 17.6 Å². The number of likely N-dealkylation sites (tertiary alicyclic amines) is 1. The lowest BCUT2D eigenvalue weighted by atomic mass is 9.86. The Hall–Kier alpha value is -3.43. The van der Waals surface area contributed by atoms with E-state index in [0.717, 1.165) is 41.7 Å². The molecule has 0 radical (unpaired) electrons. The summed E-state index contributed by atoms with van der Waals surface area (Å²) in [4.78, 5) is 33.7. The van der Waals surface area contributed by atoms with Crippen molar-refractivity contribution in [1.29, 1.82) is 0 Å². The number of nitrogens with zero attached hydrogens (tertiary/aromatic N) is 3. The van der Waals surface area contributed by atoms with Gasteiger partial charge in [0, 0.05) is 29.1 Å². The molecule has 0 spiro atoms. The summed E-state index contributed by atoms with van der Waals surface area (Å²) >= 11 is 0. The Morgan fingerprint density at radius 2 is 1.76 bits per heavy atom. The van der Waals surface area contributed by atoms with E-state index in [4.69, 9.17) is 19.2 Å². The number of carbonyl (C=O) groups is 1. The van der Waals surface area contributed by atoms with Crippen molar-refractivity contribution in [3.8, 4) is 22.9 Å². The van der Waals surface area contributed by atoms with Gasteiger partial charge in [0.1, 0.15) is 19.8 Å². The molecular formula is C28H29N3O6. The number of piperidine rings is 1. The van der Waals surface area contributed by atoms with Gasteiger partial charge in [-0.05, 0) is 50.0 Å². The van der Waals surface area contributed by atoms with Crippen LogP contribution in [-0.4, -0.2) is 51.8 Å². The summed E-state index contributed by atoms with van der Waals surface area (Å²) in [5.74, 6) is 0.664. The lowest BCUT2D eigenvalue weighted by Crippen LogP contribution is -2.44. The van der Waals surface area contributed by atoms with E-state index in [1.165, 1.54) is 19.3 Å². The molecular weight excluding hydrogens is 474 g/mol. The van der Waals surface area contributed by atoms with Crippen LogP contribution in [-0.2, 0) is 34.8 Å². The molecule has 0 amide bonds. The van der Waals surface area contributed by atoms with Gasteiger partial charge in [0.2, 0.25) is 0 Å². The number of pyridine rings is 2. The Kier molecular flexibility index (Phi) is 5.10. The average Bonchev–Trinajstić information content (AvgIpc) is 3.29. The number of fused-ring (bicyclic) bond motifs is 6. The number of benzene rings is 1. The van der Waals surface area contributed by atoms with Crippen LogP contribution in [0, 0.1) is 0 Å². The first-order chi connectivity index (χ1) is 18.0. The van der Waals surface area contributed by atoms with Gasteiger partial charge >= 0.3 is 5.97 Å². The summed E-state index contributed by atoms with van der Waals surface area (Å²) in [7, 11) is 0. The molecule has 3 aromatic rings. The maximum atomic E-state index is 13.7. The van der Waals surface area contributed by atoms with E-state index in [2.05, 4.69) is 4.90 Å². The summed E-state index contributed by atoms with van der Waals surface area (Å²) in [5.41, 5.74) is 2.83. The molecule has 7 rings (SSSR count). The maximum absolute atomic E-state index is 13.7. The molecule has 4 aliphatic heterocycles. The molecule has 37 heavy (non-hydrogen) atoms. The van der Waals surface area contributed by atoms with Crippen LogP contribution >= 0.6 is 0 Å². The molecule has 1 aromatic carbocycles. The molecule has 0 bridgehead atoms. The van der Waals surface area contributed by atoms with E-state index in [0.29, 0.717) is 53.8 Å². The number of carbonyl (C=O) groups excluding carboxylic acids is 1. The number of aromatic nitrogens is 2. The molecule has 0 saturated carbocycles. The number of cyclic esters (lactones) is 1. The highest BCUT2D eigenvalue weighted by Crippen LogP contribution is 2.43. The van der Waals surface area contributed by atoms with E-state index in [-0.39, 0.29) is 18.6 Å². The summed E-state index contributed by atoms with van der Waals surface area (Å²) in [6.07, 6.45) is 3.71. The molecule has 1 atom stereocenters. The van der Waals surface area contributed by atoms with Gasteiger partial charge in [-0.1, -0.05) is 13.3 Å². The first-order valence-corrected chi connectivity index (χ1v) is 13.1. The SMILES string of the molecule is CCC1(O)C(=O)OCc2c1cc1n(c2=O)Cc2c-1nc1cc3c(cc1c2CN1CCCCC1)OCCO3. The van der Waals surface area contributed by atoms with Crippen LogP contribution in [0.3, 0.4) is 0 Å². The largest absolute Gasteiger partial charge is 0.486 e. The first kappa shape index (κ1) is 22.7. The molecule has 9 nitrogen and oxygen atoms in total. The van der Waals surface area contributed by atoms with E-state index in [9.17, 15) is 14.7 Å². The fourth-order valence-corrected chi connectivity index (χ4v) is 6.22. The number of hydrogen-bond donors (Lipinski definition) is 1. The van der Waals surface area contributed by atoms with Crippen molar-refractivity contribution in [3.63, 3.8) is 0 Å².